The minimum absolute atomic E-state index is 0.133. The van der Waals surface area contributed by atoms with Gasteiger partial charge in [-0.2, -0.15) is 0 Å². The summed E-state index contributed by atoms with van der Waals surface area (Å²) in [5.74, 6) is 0.190. The lowest BCUT2D eigenvalue weighted by molar-refractivity contribution is -0.140. The van der Waals surface area contributed by atoms with Crippen LogP contribution in [0.1, 0.15) is 6.42 Å². The number of methoxy groups -OCH3 is 2. The summed E-state index contributed by atoms with van der Waals surface area (Å²) in [6.45, 7) is 0.534. The van der Waals surface area contributed by atoms with Crippen LogP contribution in [0.2, 0.25) is 0 Å². The Morgan fingerprint density at radius 3 is 2.74 bits per heavy atom. The molecule has 1 aromatic carbocycles. The number of esters is 1. The van der Waals surface area contributed by atoms with E-state index < -0.39 is 0 Å². The first-order chi connectivity index (χ1) is 9.15. The molecule has 19 heavy (non-hydrogen) atoms. The third-order valence-electron chi connectivity index (χ3n) is 2.37. The van der Waals surface area contributed by atoms with Gasteiger partial charge in [0.25, 0.3) is 0 Å². The van der Waals surface area contributed by atoms with Gasteiger partial charge in [-0.25, -0.2) is 0 Å². The molecule has 0 saturated heterocycles. The van der Waals surface area contributed by atoms with E-state index in [1.807, 2.05) is 0 Å². The molecule has 0 fully saturated rings. The molecule has 6 heteroatoms. The number of carbonyl (C=O) groups excluding carboxylic acids is 2. The highest BCUT2D eigenvalue weighted by Crippen LogP contribution is 2.16. The molecular weight excluding hydrogens is 248 g/mol. The average molecular weight is 266 g/mol. The molecule has 0 aromatic heterocycles. The van der Waals surface area contributed by atoms with E-state index >= 15 is 0 Å². The normalized spacial score (nSPS) is 9.79. The lowest BCUT2D eigenvalue weighted by Gasteiger charge is -2.07. The van der Waals surface area contributed by atoms with Crippen molar-refractivity contribution in [2.75, 3.05) is 32.6 Å². The molecule has 0 unspecified atom stereocenters. The Labute approximate surface area is 112 Å². The minimum Gasteiger partial charge on any atom is -0.497 e. The summed E-state index contributed by atoms with van der Waals surface area (Å²) in [6, 6.07) is 7.09. The van der Waals surface area contributed by atoms with Crippen LogP contribution in [0, 0.1) is 0 Å². The van der Waals surface area contributed by atoms with Gasteiger partial charge in [0.2, 0.25) is 5.91 Å². The van der Waals surface area contributed by atoms with E-state index in [1.54, 1.807) is 31.4 Å². The van der Waals surface area contributed by atoms with Crippen LogP contribution in [0.5, 0.6) is 5.75 Å². The molecule has 0 radical (unpaired) electrons. The van der Waals surface area contributed by atoms with Crippen LogP contribution in [-0.4, -0.2) is 39.2 Å². The molecule has 6 nitrogen and oxygen atoms in total. The van der Waals surface area contributed by atoms with Crippen LogP contribution in [-0.2, 0) is 14.3 Å². The summed E-state index contributed by atoms with van der Waals surface area (Å²) >= 11 is 0. The smallest absolute Gasteiger partial charge is 0.306 e. The molecule has 0 bridgehead atoms. The Morgan fingerprint density at radius 2 is 2.05 bits per heavy atom. The topological polar surface area (TPSA) is 76.7 Å². The minimum atomic E-state index is -0.305. The largest absolute Gasteiger partial charge is 0.497 e. The molecule has 0 aliphatic heterocycles. The van der Waals surface area contributed by atoms with Gasteiger partial charge < -0.3 is 20.1 Å². The maximum Gasteiger partial charge on any atom is 0.306 e. The van der Waals surface area contributed by atoms with E-state index in [-0.39, 0.29) is 24.8 Å². The molecule has 1 amide bonds. The van der Waals surface area contributed by atoms with E-state index in [2.05, 4.69) is 15.4 Å². The summed E-state index contributed by atoms with van der Waals surface area (Å²) in [4.78, 5) is 22.4. The maximum atomic E-state index is 11.6. The van der Waals surface area contributed by atoms with Crippen molar-refractivity contribution in [3.63, 3.8) is 0 Å². The third kappa shape index (κ3) is 5.87. The zero-order chi connectivity index (χ0) is 14.1. The second kappa shape index (κ2) is 8.10. The van der Waals surface area contributed by atoms with Crippen molar-refractivity contribution in [2.24, 2.45) is 0 Å². The second-order valence-electron chi connectivity index (χ2n) is 3.78. The quantitative estimate of drug-likeness (QED) is 0.563. The summed E-state index contributed by atoms with van der Waals surface area (Å²) in [5, 5.41) is 5.58. The van der Waals surface area contributed by atoms with Crippen molar-refractivity contribution in [3.8, 4) is 5.75 Å². The highest BCUT2D eigenvalue weighted by Gasteiger charge is 2.04. The second-order valence-corrected chi connectivity index (χ2v) is 3.78. The monoisotopic (exact) mass is 266 g/mol. The van der Waals surface area contributed by atoms with Crippen LogP contribution >= 0.6 is 0 Å². The third-order valence-corrected chi connectivity index (χ3v) is 2.37. The van der Waals surface area contributed by atoms with E-state index in [1.165, 1.54) is 7.11 Å². The standard InChI is InChI=1S/C13H18N2O4/c1-18-11-5-3-4-10(8-11)15-12(16)9-14-7-6-13(17)19-2/h3-5,8,14H,6-7,9H2,1-2H3,(H,15,16). The fraction of sp³-hybridized carbons (Fsp3) is 0.385. The molecule has 0 saturated carbocycles. The molecule has 0 spiro atoms. The number of benzene rings is 1. The molecule has 1 rings (SSSR count). The van der Waals surface area contributed by atoms with Crippen LogP contribution in [0.25, 0.3) is 0 Å². The zero-order valence-corrected chi connectivity index (χ0v) is 11.1. The first-order valence-electron chi connectivity index (χ1n) is 5.87. The number of hydrogen-bond acceptors (Lipinski definition) is 5. The SMILES string of the molecule is COC(=O)CCNCC(=O)Nc1cccc(OC)c1. The van der Waals surface area contributed by atoms with Gasteiger partial charge in [-0.1, -0.05) is 6.07 Å². The number of nitrogens with one attached hydrogen (secondary N) is 2. The van der Waals surface area contributed by atoms with Gasteiger partial charge >= 0.3 is 5.97 Å². The Balaban J connectivity index is 2.28. The van der Waals surface area contributed by atoms with E-state index in [0.717, 1.165) is 0 Å². The lowest BCUT2D eigenvalue weighted by Crippen LogP contribution is -2.29. The van der Waals surface area contributed by atoms with Crippen molar-refractivity contribution in [1.29, 1.82) is 0 Å². The number of carbonyl (C=O) groups is 2. The van der Waals surface area contributed by atoms with Crippen LogP contribution in [0.3, 0.4) is 0 Å². The Hall–Kier alpha value is -2.08. The van der Waals surface area contributed by atoms with Crippen molar-refractivity contribution < 1.29 is 19.1 Å². The Morgan fingerprint density at radius 1 is 1.26 bits per heavy atom. The van der Waals surface area contributed by atoms with Gasteiger partial charge in [-0.3, -0.25) is 9.59 Å². The molecule has 0 aliphatic carbocycles. The average Bonchev–Trinajstić information content (AvgIpc) is 2.43. The van der Waals surface area contributed by atoms with Crippen molar-refractivity contribution in [2.45, 2.75) is 6.42 Å². The summed E-state index contributed by atoms with van der Waals surface area (Å²) in [5.41, 5.74) is 0.666. The number of rotatable bonds is 7. The van der Waals surface area contributed by atoms with Gasteiger partial charge in [0.15, 0.2) is 0 Å². The van der Waals surface area contributed by atoms with Gasteiger partial charge in [0.05, 0.1) is 27.2 Å². The van der Waals surface area contributed by atoms with Gasteiger partial charge in [-0.05, 0) is 12.1 Å². The predicted octanol–water partition coefficient (Wildman–Crippen LogP) is 0.786. The Kier molecular flexibility index (Phi) is 6.38. The van der Waals surface area contributed by atoms with Crippen molar-refractivity contribution in [1.82, 2.24) is 5.32 Å². The van der Waals surface area contributed by atoms with Gasteiger partial charge in [0, 0.05) is 18.3 Å². The molecule has 0 aliphatic rings. The summed E-state index contributed by atoms with van der Waals surface area (Å²) in [6.07, 6.45) is 0.239. The molecular formula is C13H18N2O4. The number of ether oxygens (including phenoxy) is 2. The van der Waals surface area contributed by atoms with E-state index in [0.29, 0.717) is 18.0 Å². The Bertz CT molecular complexity index is 434. The van der Waals surface area contributed by atoms with Crippen LogP contribution in [0.15, 0.2) is 24.3 Å². The molecule has 1 aromatic rings. The van der Waals surface area contributed by atoms with Crippen molar-refractivity contribution in [3.05, 3.63) is 24.3 Å². The highest BCUT2D eigenvalue weighted by atomic mass is 16.5. The predicted molar refractivity (Wildman–Crippen MR) is 71.1 cm³/mol. The van der Waals surface area contributed by atoms with Gasteiger partial charge in [0.1, 0.15) is 5.75 Å². The van der Waals surface area contributed by atoms with Crippen molar-refractivity contribution >= 4 is 17.6 Å². The van der Waals surface area contributed by atoms with E-state index in [9.17, 15) is 9.59 Å². The van der Waals surface area contributed by atoms with Crippen LogP contribution < -0.4 is 15.4 Å². The number of amides is 1. The maximum absolute atomic E-state index is 11.6. The first-order valence-corrected chi connectivity index (χ1v) is 5.87. The van der Waals surface area contributed by atoms with E-state index in [4.69, 9.17) is 4.74 Å². The first kappa shape index (κ1) is 15.0. The molecule has 0 heterocycles. The van der Waals surface area contributed by atoms with Crippen LogP contribution in [0.4, 0.5) is 5.69 Å². The fourth-order valence-electron chi connectivity index (χ4n) is 1.40. The molecule has 2 N–H and O–H groups in total. The highest BCUT2D eigenvalue weighted by molar-refractivity contribution is 5.92. The summed E-state index contributed by atoms with van der Waals surface area (Å²) < 4.78 is 9.54. The fourth-order valence-corrected chi connectivity index (χ4v) is 1.40. The number of anilines is 1. The molecule has 104 valence electrons. The van der Waals surface area contributed by atoms with Gasteiger partial charge in [-0.15, -0.1) is 0 Å². The number of hydrogen-bond donors (Lipinski definition) is 2. The summed E-state index contributed by atoms with van der Waals surface area (Å²) in [7, 11) is 2.90. The zero-order valence-electron chi connectivity index (χ0n) is 11.1. The molecule has 0 atom stereocenters. The lowest BCUT2D eigenvalue weighted by atomic mass is 10.3.